The normalized spacial score (nSPS) is 12.9. The SMILES string of the molecule is CC(O)c1cccc(S(=O)(=O)Nc2cnc(Br)cn2)c1. The molecule has 0 saturated heterocycles. The summed E-state index contributed by atoms with van der Waals surface area (Å²) < 4.78 is 27.2. The average Bonchev–Trinajstić information content (AvgIpc) is 2.41. The molecule has 0 aliphatic rings. The summed E-state index contributed by atoms with van der Waals surface area (Å²) in [6, 6.07) is 6.09. The number of nitrogens with zero attached hydrogens (tertiary/aromatic N) is 2. The predicted molar refractivity (Wildman–Crippen MR) is 77.6 cm³/mol. The molecule has 20 heavy (non-hydrogen) atoms. The van der Waals surface area contributed by atoms with Crippen molar-refractivity contribution in [3.05, 3.63) is 46.8 Å². The fourth-order valence-electron chi connectivity index (χ4n) is 1.50. The smallest absolute Gasteiger partial charge is 0.263 e. The highest BCUT2D eigenvalue weighted by Crippen LogP contribution is 2.19. The topological polar surface area (TPSA) is 92.2 Å². The molecule has 6 nitrogen and oxygen atoms in total. The van der Waals surface area contributed by atoms with Gasteiger partial charge in [-0.3, -0.25) is 4.72 Å². The van der Waals surface area contributed by atoms with Gasteiger partial charge in [-0.05, 0) is 40.5 Å². The van der Waals surface area contributed by atoms with Crippen LogP contribution < -0.4 is 4.72 Å². The van der Waals surface area contributed by atoms with Gasteiger partial charge < -0.3 is 5.11 Å². The lowest BCUT2D eigenvalue weighted by Gasteiger charge is -2.09. The highest BCUT2D eigenvalue weighted by Gasteiger charge is 2.16. The van der Waals surface area contributed by atoms with Crippen LogP contribution in [0.5, 0.6) is 0 Å². The first-order valence-corrected chi connectivity index (χ1v) is 7.94. The summed E-state index contributed by atoms with van der Waals surface area (Å²) in [6.45, 7) is 1.57. The van der Waals surface area contributed by atoms with E-state index in [0.29, 0.717) is 10.2 Å². The molecule has 2 rings (SSSR count). The van der Waals surface area contributed by atoms with Gasteiger partial charge in [0, 0.05) is 0 Å². The molecule has 1 heterocycles. The van der Waals surface area contributed by atoms with Gasteiger partial charge in [-0.2, -0.15) is 0 Å². The fourth-order valence-corrected chi connectivity index (χ4v) is 2.76. The molecule has 0 saturated carbocycles. The first-order valence-electron chi connectivity index (χ1n) is 5.67. The van der Waals surface area contributed by atoms with Crippen molar-refractivity contribution >= 4 is 31.8 Å². The Bertz CT molecular complexity index is 702. The summed E-state index contributed by atoms with van der Waals surface area (Å²) >= 11 is 3.12. The Kier molecular flexibility index (Phi) is 4.36. The fraction of sp³-hybridized carbons (Fsp3) is 0.167. The van der Waals surface area contributed by atoms with E-state index in [1.54, 1.807) is 19.1 Å². The van der Waals surface area contributed by atoms with Crippen LogP contribution in [0.15, 0.2) is 46.2 Å². The van der Waals surface area contributed by atoms with Crippen LogP contribution in [0.4, 0.5) is 5.82 Å². The van der Waals surface area contributed by atoms with Gasteiger partial charge in [0.15, 0.2) is 5.82 Å². The van der Waals surface area contributed by atoms with E-state index in [0.717, 1.165) is 0 Å². The lowest BCUT2D eigenvalue weighted by atomic mass is 10.1. The van der Waals surface area contributed by atoms with Gasteiger partial charge in [0.05, 0.1) is 23.4 Å². The Labute approximate surface area is 125 Å². The molecule has 0 spiro atoms. The predicted octanol–water partition coefficient (Wildman–Crippen LogP) is 2.09. The van der Waals surface area contributed by atoms with Gasteiger partial charge in [-0.1, -0.05) is 12.1 Å². The van der Waals surface area contributed by atoms with Crippen LogP contribution >= 0.6 is 15.9 Å². The molecule has 106 valence electrons. The van der Waals surface area contributed by atoms with Crippen molar-refractivity contribution in [3.63, 3.8) is 0 Å². The van der Waals surface area contributed by atoms with Gasteiger partial charge >= 0.3 is 0 Å². The summed E-state index contributed by atoms with van der Waals surface area (Å²) in [5.74, 6) is 0.121. The molecule has 0 fully saturated rings. The van der Waals surface area contributed by atoms with Crippen LogP contribution in [0.2, 0.25) is 0 Å². The van der Waals surface area contributed by atoms with E-state index < -0.39 is 16.1 Å². The molecular weight excluding hydrogens is 346 g/mol. The molecule has 1 aromatic heterocycles. The molecule has 2 aromatic rings. The van der Waals surface area contributed by atoms with Crippen molar-refractivity contribution in [2.75, 3.05) is 4.72 Å². The number of sulfonamides is 1. The van der Waals surface area contributed by atoms with Crippen LogP contribution in [0.1, 0.15) is 18.6 Å². The van der Waals surface area contributed by atoms with Crippen molar-refractivity contribution in [2.24, 2.45) is 0 Å². The number of aliphatic hydroxyl groups is 1. The maximum atomic E-state index is 12.2. The lowest BCUT2D eigenvalue weighted by Crippen LogP contribution is -2.14. The van der Waals surface area contributed by atoms with Crippen molar-refractivity contribution < 1.29 is 13.5 Å². The first-order chi connectivity index (χ1) is 9.38. The number of hydrogen-bond donors (Lipinski definition) is 2. The molecule has 8 heteroatoms. The van der Waals surface area contributed by atoms with Crippen molar-refractivity contribution in [3.8, 4) is 0 Å². The molecule has 1 atom stereocenters. The van der Waals surface area contributed by atoms with Gasteiger partial charge in [0.25, 0.3) is 10.0 Å². The zero-order valence-corrected chi connectivity index (χ0v) is 12.9. The number of halogens is 1. The Morgan fingerprint density at radius 2 is 2.05 bits per heavy atom. The molecular formula is C12H12BrN3O3S. The minimum Gasteiger partial charge on any atom is -0.389 e. The summed E-state index contributed by atoms with van der Waals surface area (Å²) in [4.78, 5) is 7.84. The van der Waals surface area contributed by atoms with Crippen molar-refractivity contribution in [1.29, 1.82) is 0 Å². The maximum absolute atomic E-state index is 12.2. The zero-order valence-electron chi connectivity index (χ0n) is 10.5. The van der Waals surface area contributed by atoms with E-state index in [4.69, 9.17) is 0 Å². The molecule has 0 aliphatic heterocycles. The number of aliphatic hydroxyl groups excluding tert-OH is 1. The molecule has 1 aromatic carbocycles. The first kappa shape index (κ1) is 14.9. The van der Waals surface area contributed by atoms with E-state index in [9.17, 15) is 13.5 Å². The minimum absolute atomic E-state index is 0.0561. The molecule has 2 N–H and O–H groups in total. The number of benzene rings is 1. The van der Waals surface area contributed by atoms with Crippen LogP contribution in [-0.2, 0) is 10.0 Å². The van der Waals surface area contributed by atoms with E-state index in [1.165, 1.54) is 24.5 Å². The summed E-state index contributed by atoms with van der Waals surface area (Å²) in [5, 5.41) is 9.49. The third-order valence-electron chi connectivity index (χ3n) is 2.51. The second kappa shape index (κ2) is 5.86. The van der Waals surface area contributed by atoms with Gasteiger partial charge in [0.1, 0.15) is 4.60 Å². The number of aromatic nitrogens is 2. The van der Waals surface area contributed by atoms with E-state index in [-0.39, 0.29) is 10.7 Å². The van der Waals surface area contributed by atoms with Crippen LogP contribution in [0.3, 0.4) is 0 Å². The molecule has 0 bridgehead atoms. The number of nitrogens with one attached hydrogen (secondary N) is 1. The molecule has 0 amide bonds. The summed E-state index contributed by atoms with van der Waals surface area (Å²) in [5.41, 5.74) is 0.523. The second-order valence-corrected chi connectivity index (χ2v) is 6.57. The maximum Gasteiger partial charge on any atom is 0.263 e. The van der Waals surface area contributed by atoms with Crippen molar-refractivity contribution in [2.45, 2.75) is 17.9 Å². The number of anilines is 1. The highest BCUT2D eigenvalue weighted by molar-refractivity contribution is 9.10. The van der Waals surface area contributed by atoms with E-state index in [2.05, 4.69) is 30.6 Å². The standard InChI is InChI=1S/C12H12BrN3O3S/c1-8(17)9-3-2-4-10(5-9)20(18,19)16-12-7-14-11(13)6-15-12/h2-8,17H,1H3,(H,15,16). The molecule has 1 unspecified atom stereocenters. The second-order valence-electron chi connectivity index (χ2n) is 4.08. The van der Waals surface area contributed by atoms with Gasteiger partial charge in [-0.25, -0.2) is 18.4 Å². The molecule has 0 radical (unpaired) electrons. The zero-order chi connectivity index (χ0) is 14.8. The minimum atomic E-state index is -3.76. The average molecular weight is 358 g/mol. The van der Waals surface area contributed by atoms with Crippen molar-refractivity contribution in [1.82, 2.24) is 9.97 Å². The lowest BCUT2D eigenvalue weighted by molar-refractivity contribution is 0.199. The highest BCUT2D eigenvalue weighted by atomic mass is 79.9. The monoisotopic (exact) mass is 357 g/mol. The Balaban J connectivity index is 2.30. The van der Waals surface area contributed by atoms with E-state index >= 15 is 0 Å². The number of hydrogen-bond acceptors (Lipinski definition) is 5. The Morgan fingerprint density at radius 3 is 2.65 bits per heavy atom. The summed E-state index contributed by atoms with van der Waals surface area (Å²) in [6.07, 6.45) is 1.96. The summed E-state index contributed by atoms with van der Waals surface area (Å²) in [7, 11) is -3.76. The van der Waals surface area contributed by atoms with Gasteiger partial charge in [0.2, 0.25) is 0 Å². The Morgan fingerprint density at radius 1 is 1.30 bits per heavy atom. The Hall–Kier alpha value is -1.51. The molecule has 0 aliphatic carbocycles. The third kappa shape index (κ3) is 3.53. The van der Waals surface area contributed by atoms with Crippen LogP contribution in [0, 0.1) is 0 Å². The largest absolute Gasteiger partial charge is 0.389 e. The van der Waals surface area contributed by atoms with Crippen LogP contribution in [-0.4, -0.2) is 23.5 Å². The van der Waals surface area contributed by atoms with E-state index in [1.807, 2.05) is 0 Å². The van der Waals surface area contributed by atoms with Gasteiger partial charge in [-0.15, -0.1) is 0 Å². The van der Waals surface area contributed by atoms with Crippen LogP contribution in [0.25, 0.3) is 0 Å². The third-order valence-corrected chi connectivity index (χ3v) is 4.27. The quantitative estimate of drug-likeness (QED) is 0.873. The number of rotatable bonds is 4.